The van der Waals surface area contributed by atoms with Crippen molar-refractivity contribution in [2.75, 3.05) is 18.8 Å². The van der Waals surface area contributed by atoms with Crippen LogP contribution in [0.5, 0.6) is 0 Å². The molecule has 0 heterocycles. The standard InChI is InChI=1S/C13H17N3O2S/c1-4-16(9-10(2)3)19(17,18)13-6-5-11(8-14)7-12(13)15/h5-7H,2,4,9,15H2,1,3H3. The van der Waals surface area contributed by atoms with Gasteiger partial charge in [0.1, 0.15) is 4.90 Å². The van der Waals surface area contributed by atoms with Gasteiger partial charge >= 0.3 is 0 Å². The van der Waals surface area contributed by atoms with Crippen LogP contribution in [0.1, 0.15) is 19.4 Å². The number of hydrogen-bond acceptors (Lipinski definition) is 4. The molecule has 0 aliphatic heterocycles. The van der Waals surface area contributed by atoms with E-state index in [-0.39, 0.29) is 17.1 Å². The monoisotopic (exact) mass is 279 g/mol. The smallest absolute Gasteiger partial charge is 0.245 e. The maximum Gasteiger partial charge on any atom is 0.245 e. The van der Waals surface area contributed by atoms with Crippen LogP contribution in [-0.2, 0) is 10.0 Å². The maximum atomic E-state index is 12.4. The van der Waals surface area contributed by atoms with Crippen molar-refractivity contribution < 1.29 is 8.42 Å². The second kappa shape index (κ2) is 5.87. The van der Waals surface area contributed by atoms with Crippen LogP contribution in [0, 0.1) is 11.3 Å². The van der Waals surface area contributed by atoms with Crippen LogP contribution in [0.3, 0.4) is 0 Å². The summed E-state index contributed by atoms with van der Waals surface area (Å²) in [6, 6.07) is 6.09. The molecular formula is C13H17N3O2S. The number of nitriles is 1. The summed E-state index contributed by atoms with van der Waals surface area (Å²) in [6.45, 7) is 7.81. The first-order valence-electron chi connectivity index (χ1n) is 5.77. The van der Waals surface area contributed by atoms with E-state index in [2.05, 4.69) is 6.58 Å². The molecule has 0 amide bonds. The molecule has 0 bridgehead atoms. The fraction of sp³-hybridized carbons (Fsp3) is 0.308. The highest BCUT2D eigenvalue weighted by Gasteiger charge is 2.25. The van der Waals surface area contributed by atoms with Gasteiger partial charge in [0, 0.05) is 13.1 Å². The first-order chi connectivity index (χ1) is 8.82. The predicted octanol–water partition coefficient (Wildman–Crippen LogP) is 1.73. The molecular weight excluding hydrogens is 262 g/mol. The van der Waals surface area contributed by atoms with Gasteiger partial charge in [0.05, 0.1) is 17.3 Å². The molecule has 0 unspecified atom stereocenters. The number of anilines is 1. The summed E-state index contributed by atoms with van der Waals surface area (Å²) >= 11 is 0. The number of nitrogen functional groups attached to an aromatic ring is 1. The Hall–Kier alpha value is -1.84. The van der Waals surface area contributed by atoms with E-state index < -0.39 is 10.0 Å². The lowest BCUT2D eigenvalue weighted by Crippen LogP contribution is -2.32. The fourth-order valence-electron chi connectivity index (χ4n) is 1.66. The molecule has 1 aromatic rings. The topological polar surface area (TPSA) is 87.2 Å². The highest BCUT2D eigenvalue weighted by atomic mass is 32.2. The van der Waals surface area contributed by atoms with Gasteiger partial charge in [-0.05, 0) is 25.1 Å². The largest absolute Gasteiger partial charge is 0.398 e. The summed E-state index contributed by atoms with van der Waals surface area (Å²) in [4.78, 5) is 0.0228. The quantitative estimate of drug-likeness (QED) is 0.656. The summed E-state index contributed by atoms with van der Waals surface area (Å²) in [5.41, 5.74) is 6.89. The molecule has 6 heteroatoms. The van der Waals surface area contributed by atoms with E-state index in [9.17, 15) is 8.42 Å². The molecule has 0 atom stereocenters. The van der Waals surface area contributed by atoms with Crippen molar-refractivity contribution in [3.63, 3.8) is 0 Å². The lowest BCUT2D eigenvalue weighted by molar-refractivity contribution is 0.453. The van der Waals surface area contributed by atoms with Gasteiger partial charge in [-0.3, -0.25) is 0 Å². The highest BCUT2D eigenvalue weighted by molar-refractivity contribution is 7.89. The Morgan fingerprint density at radius 1 is 1.53 bits per heavy atom. The van der Waals surface area contributed by atoms with E-state index in [1.807, 2.05) is 6.07 Å². The van der Waals surface area contributed by atoms with Crippen molar-refractivity contribution in [3.05, 3.63) is 35.9 Å². The Morgan fingerprint density at radius 2 is 2.16 bits per heavy atom. The van der Waals surface area contributed by atoms with Crippen LogP contribution in [0.15, 0.2) is 35.2 Å². The van der Waals surface area contributed by atoms with Gasteiger partial charge in [0.25, 0.3) is 0 Å². The molecule has 0 aliphatic rings. The molecule has 1 aromatic carbocycles. The van der Waals surface area contributed by atoms with Crippen LogP contribution in [0.2, 0.25) is 0 Å². The van der Waals surface area contributed by atoms with Crippen LogP contribution in [0.4, 0.5) is 5.69 Å². The van der Waals surface area contributed by atoms with Gasteiger partial charge in [-0.1, -0.05) is 19.1 Å². The molecule has 5 nitrogen and oxygen atoms in total. The first kappa shape index (κ1) is 15.2. The molecule has 0 spiro atoms. The summed E-state index contributed by atoms with van der Waals surface area (Å²) in [7, 11) is -3.66. The second-order valence-corrected chi connectivity index (χ2v) is 6.16. The molecule has 0 saturated heterocycles. The predicted molar refractivity (Wildman–Crippen MR) is 74.8 cm³/mol. The van der Waals surface area contributed by atoms with E-state index in [0.717, 1.165) is 5.57 Å². The normalized spacial score (nSPS) is 11.3. The van der Waals surface area contributed by atoms with Crippen molar-refractivity contribution >= 4 is 15.7 Å². The number of rotatable bonds is 5. The van der Waals surface area contributed by atoms with Crippen molar-refractivity contribution in [2.24, 2.45) is 0 Å². The minimum absolute atomic E-state index is 0.0228. The Morgan fingerprint density at radius 3 is 2.58 bits per heavy atom. The van der Waals surface area contributed by atoms with Gasteiger partial charge in [-0.25, -0.2) is 8.42 Å². The van der Waals surface area contributed by atoms with Gasteiger partial charge in [0.15, 0.2) is 0 Å². The third-order valence-electron chi connectivity index (χ3n) is 2.56. The molecule has 0 aromatic heterocycles. The van der Waals surface area contributed by atoms with Gasteiger partial charge in [-0.2, -0.15) is 9.57 Å². The van der Waals surface area contributed by atoms with Crippen LogP contribution in [-0.4, -0.2) is 25.8 Å². The summed E-state index contributed by atoms with van der Waals surface area (Å²) in [6.07, 6.45) is 0. The minimum atomic E-state index is -3.66. The van der Waals surface area contributed by atoms with Crippen LogP contribution in [0.25, 0.3) is 0 Å². The van der Waals surface area contributed by atoms with Crippen molar-refractivity contribution in [1.82, 2.24) is 4.31 Å². The van der Waals surface area contributed by atoms with Gasteiger partial charge in [0.2, 0.25) is 10.0 Å². The Labute approximate surface area is 114 Å². The third-order valence-corrected chi connectivity index (χ3v) is 4.55. The Balaban J connectivity index is 3.26. The highest BCUT2D eigenvalue weighted by Crippen LogP contribution is 2.23. The molecule has 2 N–H and O–H groups in total. The summed E-state index contributed by atoms with van der Waals surface area (Å²) in [5, 5.41) is 8.75. The molecule has 19 heavy (non-hydrogen) atoms. The number of nitrogens with zero attached hydrogens (tertiary/aromatic N) is 2. The number of benzene rings is 1. The zero-order valence-corrected chi connectivity index (χ0v) is 11.9. The summed E-state index contributed by atoms with van der Waals surface area (Å²) < 4.78 is 26.2. The Bertz CT molecular complexity index is 630. The first-order valence-corrected chi connectivity index (χ1v) is 7.21. The average Bonchev–Trinajstić information content (AvgIpc) is 2.34. The lowest BCUT2D eigenvalue weighted by atomic mass is 10.2. The van der Waals surface area contributed by atoms with Crippen molar-refractivity contribution in [3.8, 4) is 6.07 Å². The number of likely N-dealkylation sites (N-methyl/N-ethyl adjacent to an activating group) is 1. The molecule has 1 rings (SSSR count). The van der Waals surface area contributed by atoms with E-state index in [1.54, 1.807) is 13.8 Å². The number of nitrogens with two attached hydrogens (primary N) is 1. The lowest BCUT2D eigenvalue weighted by Gasteiger charge is -2.21. The fourth-order valence-corrected chi connectivity index (χ4v) is 3.27. The SMILES string of the molecule is C=C(C)CN(CC)S(=O)(=O)c1ccc(C#N)cc1N. The minimum Gasteiger partial charge on any atom is -0.398 e. The van der Waals surface area contributed by atoms with E-state index >= 15 is 0 Å². The third kappa shape index (κ3) is 3.34. The summed E-state index contributed by atoms with van der Waals surface area (Å²) in [5.74, 6) is 0. The number of hydrogen-bond donors (Lipinski definition) is 1. The number of sulfonamides is 1. The average molecular weight is 279 g/mol. The molecule has 0 radical (unpaired) electrons. The molecule has 102 valence electrons. The Kier molecular flexibility index (Phi) is 4.70. The second-order valence-electron chi connectivity index (χ2n) is 4.25. The maximum absolute atomic E-state index is 12.4. The molecule has 0 aliphatic carbocycles. The zero-order chi connectivity index (χ0) is 14.6. The van der Waals surface area contributed by atoms with Crippen LogP contribution >= 0.6 is 0 Å². The molecule has 0 saturated carbocycles. The van der Waals surface area contributed by atoms with Gasteiger partial charge < -0.3 is 5.73 Å². The van der Waals surface area contributed by atoms with Crippen molar-refractivity contribution in [2.45, 2.75) is 18.7 Å². The molecule has 0 fully saturated rings. The van der Waals surface area contributed by atoms with E-state index in [4.69, 9.17) is 11.0 Å². The van der Waals surface area contributed by atoms with Crippen LogP contribution < -0.4 is 5.73 Å². The van der Waals surface area contributed by atoms with Crippen molar-refractivity contribution in [1.29, 1.82) is 5.26 Å². The zero-order valence-electron chi connectivity index (χ0n) is 11.0. The van der Waals surface area contributed by atoms with E-state index in [0.29, 0.717) is 12.1 Å². The van der Waals surface area contributed by atoms with Gasteiger partial charge in [-0.15, -0.1) is 0 Å². The van der Waals surface area contributed by atoms with E-state index in [1.165, 1.54) is 22.5 Å².